The van der Waals surface area contributed by atoms with E-state index < -0.39 is 0 Å². The molecule has 2 atom stereocenters. The van der Waals surface area contributed by atoms with Crippen LogP contribution in [0.5, 0.6) is 0 Å². The summed E-state index contributed by atoms with van der Waals surface area (Å²) in [6.07, 6.45) is 1.05. The van der Waals surface area contributed by atoms with Crippen LogP contribution in [0.2, 0.25) is 5.02 Å². The molecule has 0 bridgehead atoms. The summed E-state index contributed by atoms with van der Waals surface area (Å²) in [7, 11) is 0. The Labute approximate surface area is 96.6 Å². The molecule has 1 aliphatic heterocycles. The molecule has 1 aliphatic rings. The summed E-state index contributed by atoms with van der Waals surface area (Å²) in [6, 6.07) is 1.97. The van der Waals surface area contributed by atoms with Gasteiger partial charge in [-0.2, -0.15) is 11.8 Å². The first-order valence-corrected chi connectivity index (χ1v) is 7.06. The topological polar surface area (TPSA) is 0 Å². The van der Waals surface area contributed by atoms with Crippen LogP contribution in [0.4, 0.5) is 0 Å². The van der Waals surface area contributed by atoms with E-state index in [2.05, 4.69) is 0 Å². The molecule has 1 aromatic heterocycles. The first kappa shape index (κ1) is 10.2. The molecule has 0 N–H and O–H groups in total. The van der Waals surface area contributed by atoms with E-state index in [1.165, 1.54) is 10.6 Å². The van der Waals surface area contributed by atoms with Gasteiger partial charge in [-0.15, -0.1) is 22.9 Å². The Balaban J connectivity index is 2.01. The summed E-state index contributed by atoms with van der Waals surface area (Å²) in [4.78, 5) is 1.29. The van der Waals surface area contributed by atoms with Gasteiger partial charge in [0.15, 0.2) is 0 Å². The van der Waals surface area contributed by atoms with Crippen LogP contribution >= 0.6 is 46.3 Å². The molecule has 2 heterocycles. The lowest BCUT2D eigenvalue weighted by Crippen LogP contribution is -2.14. The summed E-state index contributed by atoms with van der Waals surface area (Å²) in [5.74, 6) is 2.89. The number of alkyl halides is 1. The zero-order valence-electron chi connectivity index (χ0n) is 7.00. The first-order valence-electron chi connectivity index (χ1n) is 4.21. The number of rotatable bonds is 2. The van der Waals surface area contributed by atoms with Gasteiger partial charge < -0.3 is 0 Å². The van der Waals surface area contributed by atoms with Gasteiger partial charge in [-0.25, -0.2) is 0 Å². The van der Waals surface area contributed by atoms with E-state index in [0.717, 1.165) is 17.2 Å². The molecule has 0 radical (unpaired) electrons. The van der Waals surface area contributed by atoms with Crippen LogP contribution in [-0.2, 0) is 6.42 Å². The minimum absolute atomic E-state index is 0.336. The van der Waals surface area contributed by atoms with Crippen LogP contribution in [0, 0.1) is 5.92 Å². The van der Waals surface area contributed by atoms with Gasteiger partial charge >= 0.3 is 0 Å². The van der Waals surface area contributed by atoms with Gasteiger partial charge in [-0.1, -0.05) is 11.6 Å². The molecule has 2 rings (SSSR count). The second-order valence-corrected chi connectivity index (χ2v) is 6.25. The van der Waals surface area contributed by atoms with Crippen molar-refractivity contribution >= 4 is 46.3 Å². The van der Waals surface area contributed by atoms with E-state index in [0.29, 0.717) is 11.3 Å². The monoisotopic (exact) mass is 252 g/mol. The van der Waals surface area contributed by atoms with E-state index in [1.54, 1.807) is 11.3 Å². The van der Waals surface area contributed by atoms with Gasteiger partial charge in [0, 0.05) is 16.0 Å². The lowest BCUT2D eigenvalue weighted by Gasteiger charge is -2.10. The number of hydrogen-bond acceptors (Lipinski definition) is 2. The molecule has 0 amide bonds. The molecular formula is C9H10Cl2S2. The molecule has 2 unspecified atom stereocenters. The minimum atomic E-state index is 0.336. The van der Waals surface area contributed by atoms with Crippen LogP contribution in [-0.4, -0.2) is 16.9 Å². The Morgan fingerprint density at radius 1 is 1.46 bits per heavy atom. The fourth-order valence-electron chi connectivity index (χ4n) is 1.47. The molecule has 13 heavy (non-hydrogen) atoms. The van der Waals surface area contributed by atoms with Crippen molar-refractivity contribution in [3.05, 3.63) is 21.3 Å². The highest BCUT2D eigenvalue weighted by Gasteiger charge is 2.26. The maximum atomic E-state index is 6.19. The predicted octanol–water partition coefficient (Wildman–Crippen LogP) is 3.91. The molecule has 1 saturated heterocycles. The Kier molecular flexibility index (Phi) is 3.46. The second kappa shape index (κ2) is 4.43. The third kappa shape index (κ3) is 2.35. The summed E-state index contributed by atoms with van der Waals surface area (Å²) in [6.45, 7) is 0. The van der Waals surface area contributed by atoms with Gasteiger partial charge in [0.05, 0.1) is 5.02 Å². The van der Waals surface area contributed by atoms with Crippen molar-refractivity contribution < 1.29 is 0 Å². The van der Waals surface area contributed by atoms with E-state index >= 15 is 0 Å². The van der Waals surface area contributed by atoms with Crippen molar-refractivity contribution in [1.29, 1.82) is 0 Å². The molecule has 1 fully saturated rings. The smallest absolute Gasteiger partial charge is 0.0545 e. The van der Waals surface area contributed by atoms with Gasteiger partial charge in [0.25, 0.3) is 0 Å². The summed E-state index contributed by atoms with van der Waals surface area (Å²) < 4.78 is 0. The predicted molar refractivity (Wildman–Crippen MR) is 63.5 cm³/mol. The molecule has 72 valence electrons. The molecule has 0 nitrogen and oxygen atoms in total. The van der Waals surface area contributed by atoms with Crippen molar-refractivity contribution in [3.63, 3.8) is 0 Å². The minimum Gasteiger partial charge on any atom is -0.160 e. The summed E-state index contributed by atoms with van der Waals surface area (Å²) >= 11 is 15.9. The maximum Gasteiger partial charge on any atom is 0.0545 e. The summed E-state index contributed by atoms with van der Waals surface area (Å²) in [5.41, 5.74) is 0. The highest BCUT2D eigenvalue weighted by atomic mass is 35.5. The van der Waals surface area contributed by atoms with Crippen LogP contribution < -0.4 is 0 Å². The Hall–Kier alpha value is 0.630. The number of hydrogen-bond donors (Lipinski definition) is 0. The first-order chi connectivity index (χ1) is 6.27. The lowest BCUT2D eigenvalue weighted by molar-refractivity contribution is 0.609. The van der Waals surface area contributed by atoms with Gasteiger partial charge in [-0.3, -0.25) is 0 Å². The number of halogens is 2. The highest BCUT2D eigenvalue weighted by molar-refractivity contribution is 7.99. The third-order valence-corrected chi connectivity index (χ3v) is 5.62. The zero-order valence-corrected chi connectivity index (χ0v) is 10.1. The van der Waals surface area contributed by atoms with Crippen LogP contribution in [0.1, 0.15) is 4.88 Å². The van der Waals surface area contributed by atoms with Crippen LogP contribution in [0.25, 0.3) is 0 Å². The Morgan fingerprint density at radius 2 is 2.31 bits per heavy atom. The van der Waals surface area contributed by atoms with E-state index in [-0.39, 0.29) is 0 Å². The lowest BCUT2D eigenvalue weighted by atomic mass is 10.0. The van der Waals surface area contributed by atoms with Gasteiger partial charge in [0.2, 0.25) is 0 Å². The second-order valence-electron chi connectivity index (χ2n) is 3.21. The average Bonchev–Trinajstić information content (AvgIpc) is 2.65. The van der Waals surface area contributed by atoms with Crippen molar-refractivity contribution in [1.82, 2.24) is 0 Å². The van der Waals surface area contributed by atoms with Crippen molar-refractivity contribution in [3.8, 4) is 0 Å². The highest BCUT2D eigenvalue weighted by Crippen LogP contribution is 2.34. The molecule has 0 aromatic carbocycles. The van der Waals surface area contributed by atoms with Gasteiger partial charge in [0.1, 0.15) is 0 Å². The van der Waals surface area contributed by atoms with Gasteiger partial charge in [-0.05, 0) is 29.5 Å². The Morgan fingerprint density at radius 3 is 2.85 bits per heavy atom. The molecule has 0 spiro atoms. The maximum absolute atomic E-state index is 6.19. The number of thiophene rings is 1. The van der Waals surface area contributed by atoms with Crippen molar-refractivity contribution in [2.75, 3.05) is 11.5 Å². The fourth-order valence-corrected chi connectivity index (χ4v) is 4.51. The largest absolute Gasteiger partial charge is 0.160 e. The molecule has 1 aromatic rings. The average molecular weight is 253 g/mol. The standard InChI is InChI=1S/C9H10Cl2S2/c10-7-1-2-13-9(7)3-6-4-12-5-8(6)11/h1-2,6,8H,3-5H2. The SMILES string of the molecule is Clc1ccsc1CC1CSCC1Cl. The van der Waals surface area contributed by atoms with Crippen molar-refractivity contribution in [2.45, 2.75) is 11.8 Å². The Bertz CT molecular complexity index is 285. The molecule has 4 heteroatoms. The zero-order chi connectivity index (χ0) is 9.26. The summed E-state index contributed by atoms with van der Waals surface area (Å²) in [5, 5.41) is 3.29. The molecule has 0 aliphatic carbocycles. The van der Waals surface area contributed by atoms with E-state index in [1.807, 2.05) is 23.2 Å². The molecular weight excluding hydrogens is 243 g/mol. The quantitative estimate of drug-likeness (QED) is 0.720. The van der Waals surface area contributed by atoms with E-state index in [4.69, 9.17) is 23.2 Å². The van der Waals surface area contributed by atoms with Crippen LogP contribution in [0.3, 0.4) is 0 Å². The van der Waals surface area contributed by atoms with Crippen LogP contribution in [0.15, 0.2) is 11.4 Å². The van der Waals surface area contributed by atoms with Crippen molar-refractivity contribution in [2.24, 2.45) is 5.92 Å². The normalized spacial score (nSPS) is 28.2. The third-order valence-electron chi connectivity index (χ3n) is 2.26. The number of thioether (sulfide) groups is 1. The fraction of sp³-hybridized carbons (Fsp3) is 0.556. The molecule has 0 saturated carbocycles. The van der Waals surface area contributed by atoms with E-state index in [9.17, 15) is 0 Å².